The van der Waals surface area contributed by atoms with E-state index in [-0.39, 0.29) is 12.5 Å². The third kappa shape index (κ3) is 3.13. The van der Waals surface area contributed by atoms with Crippen molar-refractivity contribution in [3.8, 4) is 5.75 Å². The number of fused-ring (bicyclic) bond motifs is 1. The number of hydrogen-bond donors (Lipinski definition) is 1. The minimum absolute atomic E-state index is 0.140. The van der Waals surface area contributed by atoms with Crippen LogP contribution in [0.2, 0.25) is 10.0 Å². The highest BCUT2D eigenvalue weighted by Gasteiger charge is 2.21. The maximum atomic E-state index is 12.8. The summed E-state index contributed by atoms with van der Waals surface area (Å²) in [7, 11) is 0. The third-order valence-corrected chi connectivity index (χ3v) is 4.28. The van der Waals surface area contributed by atoms with Gasteiger partial charge in [-0.1, -0.05) is 41.4 Å². The molecule has 4 nitrogen and oxygen atoms in total. The molecule has 3 aromatic rings. The highest BCUT2D eigenvalue weighted by Crippen LogP contribution is 2.29. The molecule has 2 aromatic carbocycles. The Bertz CT molecular complexity index is 904. The topological polar surface area (TPSA) is 51.5 Å². The minimum atomic E-state index is -0.758. The van der Waals surface area contributed by atoms with Gasteiger partial charge >= 0.3 is 0 Å². The molecule has 0 aliphatic carbocycles. The van der Waals surface area contributed by atoms with Crippen molar-refractivity contribution in [2.75, 3.05) is 0 Å². The summed E-state index contributed by atoms with van der Waals surface area (Å²) < 4.78 is 7.18. The fourth-order valence-corrected chi connectivity index (χ4v) is 3.02. The second kappa shape index (κ2) is 6.85. The van der Waals surface area contributed by atoms with Crippen molar-refractivity contribution < 1.29 is 14.6 Å². The van der Waals surface area contributed by atoms with Crippen LogP contribution in [0.25, 0.3) is 10.9 Å². The first kappa shape index (κ1) is 16.8. The van der Waals surface area contributed by atoms with Crippen LogP contribution in [0.3, 0.4) is 0 Å². The van der Waals surface area contributed by atoms with Crippen LogP contribution in [-0.2, 0) is 6.61 Å². The number of carbonyl (C=O) groups is 1. The van der Waals surface area contributed by atoms with E-state index >= 15 is 0 Å². The van der Waals surface area contributed by atoms with E-state index in [1.54, 1.807) is 31.3 Å². The Labute approximate surface area is 149 Å². The molecule has 0 aliphatic heterocycles. The van der Waals surface area contributed by atoms with Gasteiger partial charge in [-0.25, -0.2) is 0 Å². The molecule has 1 N–H and O–H groups in total. The molecule has 0 fully saturated rings. The summed E-state index contributed by atoms with van der Waals surface area (Å²) in [6.07, 6.45) is 0.877. The average Bonchev–Trinajstić information content (AvgIpc) is 2.95. The summed E-state index contributed by atoms with van der Waals surface area (Å²) in [4.78, 5) is 12.8. The number of nitrogens with zero attached hydrogens (tertiary/aromatic N) is 1. The summed E-state index contributed by atoms with van der Waals surface area (Å²) in [5.41, 5.74) is 1.42. The number of aliphatic hydroxyl groups is 1. The van der Waals surface area contributed by atoms with Crippen molar-refractivity contribution >= 4 is 40.0 Å². The number of aliphatic hydroxyl groups excluding tert-OH is 1. The van der Waals surface area contributed by atoms with Gasteiger partial charge in [0.2, 0.25) is 0 Å². The number of benzene rings is 2. The van der Waals surface area contributed by atoms with E-state index < -0.39 is 6.10 Å². The van der Waals surface area contributed by atoms with Crippen LogP contribution in [-0.4, -0.2) is 21.7 Å². The Kier molecular flexibility index (Phi) is 4.81. The van der Waals surface area contributed by atoms with Crippen LogP contribution in [0.15, 0.2) is 48.7 Å². The first-order valence-electron chi connectivity index (χ1n) is 7.37. The van der Waals surface area contributed by atoms with Gasteiger partial charge in [-0.3, -0.25) is 9.36 Å². The van der Waals surface area contributed by atoms with Gasteiger partial charge in [0.15, 0.2) is 6.10 Å². The van der Waals surface area contributed by atoms with Gasteiger partial charge < -0.3 is 9.84 Å². The summed E-state index contributed by atoms with van der Waals surface area (Å²) in [6.45, 7) is 1.51. The molecule has 1 atom stereocenters. The molecule has 1 aromatic heterocycles. The molecular formula is C18H15Cl2NO3. The molecule has 0 radical (unpaired) electrons. The normalized spacial score (nSPS) is 12.3. The zero-order chi connectivity index (χ0) is 17.3. The monoisotopic (exact) mass is 363 g/mol. The van der Waals surface area contributed by atoms with E-state index in [9.17, 15) is 9.90 Å². The lowest BCUT2D eigenvalue weighted by Crippen LogP contribution is -2.28. The Morgan fingerprint density at radius 3 is 2.71 bits per heavy atom. The molecule has 124 valence electrons. The van der Waals surface area contributed by atoms with Gasteiger partial charge in [0.05, 0.1) is 17.1 Å². The van der Waals surface area contributed by atoms with Crippen molar-refractivity contribution in [1.82, 2.24) is 4.57 Å². The number of aromatic nitrogens is 1. The van der Waals surface area contributed by atoms with Crippen LogP contribution < -0.4 is 4.74 Å². The van der Waals surface area contributed by atoms with E-state index in [4.69, 9.17) is 27.9 Å². The molecular weight excluding hydrogens is 349 g/mol. The van der Waals surface area contributed by atoms with Crippen molar-refractivity contribution in [3.63, 3.8) is 0 Å². The molecule has 1 unspecified atom stereocenters. The smallest absolute Gasteiger partial charge is 0.271 e. The minimum Gasteiger partial charge on any atom is -0.479 e. The van der Waals surface area contributed by atoms with Crippen molar-refractivity contribution in [2.45, 2.75) is 19.6 Å². The highest BCUT2D eigenvalue weighted by atomic mass is 35.5. The molecule has 0 saturated carbocycles. The zero-order valence-electron chi connectivity index (χ0n) is 12.9. The van der Waals surface area contributed by atoms with E-state index in [1.165, 1.54) is 4.57 Å². The maximum Gasteiger partial charge on any atom is 0.271 e. The fourth-order valence-electron chi connectivity index (χ4n) is 2.57. The Balaban J connectivity index is 1.91. The lowest BCUT2D eigenvalue weighted by Gasteiger charge is -2.15. The van der Waals surface area contributed by atoms with Crippen LogP contribution >= 0.6 is 23.2 Å². The second-order valence-corrected chi connectivity index (χ2v) is 6.22. The fraction of sp³-hybridized carbons (Fsp3) is 0.167. The molecule has 1 heterocycles. The second-order valence-electron chi connectivity index (χ2n) is 5.37. The molecule has 0 amide bonds. The van der Waals surface area contributed by atoms with Gasteiger partial charge in [-0.05, 0) is 31.2 Å². The molecule has 0 aliphatic rings. The Hall–Kier alpha value is -2.01. The Morgan fingerprint density at radius 1 is 1.25 bits per heavy atom. The third-order valence-electron chi connectivity index (χ3n) is 3.75. The number of hydrogen-bond acceptors (Lipinski definition) is 3. The van der Waals surface area contributed by atoms with Crippen LogP contribution in [0.5, 0.6) is 5.75 Å². The molecule has 0 spiro atoms. The molecule has 3 rings (SSSR count). The van der Waals surface area contributed by atoms with E-state index in [0.717, 1.165) is 10.9 Å². The molecule has 0 bridgehead atoms. The van der Waals surface area contributed by atoms with Crippen LogP contribution in [0.1, 0.15) is 17.3 Å². The molecule has 0 saturated heterocycles. The first-order valence-corrected chi connectivity index (χ1v) is 8.12. The van der Waals surface area contributed by atoms with Crippen molar-refractivity contribution in [2.24, 2.45) is 0 Å². The largest absolute Gasteiger partial charge is 0.479 e. The summed E-state index contributed by atoms with van der Waals surface area (Å²) in [5, 5.41) is 11.2. The molecule has 24 heavy (non-hydrogen) atoms. The lowest BCUT2D eigenvalue weighted by atomic mass is 10.2. The average molecular weight is 364 g/mol. The van der Waals surface area contributed by atoms with Gasteiger partial charge in [-0.15, -0.1) is 0 Å². The van der Waals surface area contributed by atoms with Gasteiger partial charge in [0, 0.05) is 22.2 Å². The standard InChI is InChI=1S/C18H15Cl2NO3/c1-11(24-17-7-6-13(19)8-15(17)20)18(23)21-9-12(10-22)14-4-2-3-5-16(14)21/h2-9,11,22H,10H2,1H3. The van der Waals surface area contributed by atoms with E-state index in [1.807, 2.05) is 24.3 Å². The molecule has 6 heteroatoms. The van der Waals surface area contributed by atoms with Crippen molar-refractivity contribution in [1.29, 1.82) is 0 Å². The van der Waals surface area contributed by atoms with Gasteiger partial charge in [0.25, 0.3) is 5.91 Å². The quantitative estimate of drug-likeness (QED) is 0.739. The van der Waals surface area contributed by atoms with Crippen LogP contribution in [0, 0.1) is 0 Å². The predicted molar refractivity (Wildman–Crippen MR) is 95.0 cm³/mol. The Morgan fingerprint density at radius 2 is 2.00 bits per heavy atom. The van der Waals surface area contributed by atoms with E-state index in [2.05, 4.69) is 0 Å². The van der Waals surface area contributed by atoms with E-state index in [0.29, 0.717) is 21.4 Å². The number of halogens is 2. The highest BCUT2D eigenvalue weighted by molar-refractivity contribution is 6.35. The van der Waals surface area contributed by atoms with Crippen LogP contribution in [0.4, 0.5) is 0 Å². The predicted octanol–water partition coefficient (Wildman–Crippen LogP) is 4.55. The lowest BCUT2D eigenvalue weighted by molar-refractivity contribution is 0.0733. The SMILES string of the molecule is CC(Oc1ccc(Cl)cc1Cl)C(=O)n1cc(CO)c2ccccc21. The number of rotatable bonds is 4. The number of ether oxygens (including phenoxy) is 1. The van der Waals surface area contributed by atoms with Gasteiger partial charge in [0.1, 0.15) is 5.75 Å². The van der Waals surface area contributed by atoms with Crippen molar-refractivity contribution in [3.05, 3.63) is 64.3 Å². The number of carbonyl (C=O) groups excluding carboxylic acids is 1. The summed E-state index contributed by atoms with van der Waals surface area (Å²) >= 11 is 11.9. The summed E-state index contributed by atoms with van der Waals surface area (Å²) in [5.74, 6) is 0.137. The van der Waals surface area contributed by atoms with Gasteiger partial charge in [-0.2, -0.15) is 0 Å². The maximum absolute atomic E-state index is 12.8. The zero-order valence-corrected chi connectivity index (χ0v) is 14.4. The first-order chi connectivity index (χ1) is 11.5. The summed E-state index contributed by atoms with van der Waals surface area (Å²) in [6, 6.07) is 12.2. The number of para-hydroxylation sites is 1.